The van der Waals surface area contributed by atoms with E-state index in [9.17, 15) is 0 Å². The molecule has 0 rings (SSSR count). The molecule has 0 aromatic heterocycles. The quantitative estimate of drug-likeness (QED) is 0.299. The minimum atomic E-state index is 0.950. The van der Waals surface area contributed by atoms with Crippen molar-refractivity contribution in [1.29, 1.82) is 0 Å². The van der Waals surface area contributed by atoms with Crippen LogP contribution in [0.25, 0.3) is 0 Å². The molecule has 50 valence electrons. The van der Waals surface area contributed by atoms with Crippen LogP contribution in [0.3, 0.4) is 0 Å². The van der Waals surface area contributed by atoms with Gasteiger partial charge in [-0.05, 0) is 19.4 Å². The van der Waals surface area contributed by atoms with E-state index in [2.05, 4.69) is 10.3 Å². The first kappa shape index (κ1) is 8.27. The summed E-state index contributed by atoms with van der Waals surface area (Å²) in [7, 11) is 3.84. The standard InChI is InChI=1S/C6H13BN2/c1-4-6(7)9-5(2)8-3/h4H,7H2,1-3H3,(H,8,9)/b6-4-. The normalized spacial score (nSPS) is 13.7. The molecule has 0 saturated heterocycles. The van der Waals surface area contributed by atoms with Gasteiger partial charge in [0.2, 0.25) is 0 Å². The molecule has 3 heteroatoms. The van der Waals surface area contributed by atoms with E-state index in [-0.39, 0.29) is 0 Å². The zero-order chi connectivity index (χ0) is 7.28. The van der Waals surface area contributed by atoms with Crippen LogP contribution >= 0.6 is 0 Å². The molecule has 0 heterocycles. The molecule has 0 aliphatic carbocycles. The second-order valence-electron chi connectivity index (χ2n) is 1.88. The molecule has 0 aliphatic heterocycles. The van der Waals surface area contributed by atoms with Crippen molar-refractivity contribution in [3.63, 3.8) is 0 Å². The lowest BCUT2D eigenvalue weighted by molar-refractivity contribution is 1.14. The SMILES string of the molecule is BC(=C/C)/N=C(\C)NC. The maximum Gasteiger partial charge on any atom is 0.163 e. The molecule has 0 aromatic rings. The Morgan fingerprint density at radius 2 is 2.22 bits per heavy atom. The summed E-state index contributed by atoms with van der Waals surface area (Å²) < 4.78 is 0. The summed E-state index contributed by atoms with van der Waals surface area (Å²) in [5.41, 5.74) is 1.04. The van der Waals surface area contributed by atoms with E-state index in [1.54, 1.807) is 0 Å². The second kappa shape index (κ2) is 4.18. The lowest BCUT2D eigenvalue weighted by Gasteiger charge is -1.96. The summed E-state index contributed by atoms with van der Waals surface area (Å²) in [5, 5.41) is 2.94. The molecule has 0 saturated carbocycles. The van der Waals surface area contributed by atoms with Crippen molar-refractivity contribution >= 4 is 13.7 Å². The Morgan fingerprint density at radius 3 is 2.56 bits per heavy atom. The molecule has 0 fully saturated rings. The highest BCUT2D eigenvalue weighted by atomic mass is 14.9. The van der Waals surface area contributed by atoms with Crippen molar-refractivity contribution in [2.45, 2.75) is 13.8 Å². The topological polar surface area (TPSA) is 24.4 Å². The van der Waals surface area contributed by atoms with E-state index < -0.39 is 0 Å². The molecule has 0 aromatic carbocycles. The van der Waals surface area contributed by atoms with Gasteiger partial charge in [0.1, 0.15) is 0 Å². The van der Waals surface area contributed by atoms with Crippen molar-refractivity contribution in [3.8, 4) is 0 Å². The molecule has 2 nitrogen and oxygen atoms in total. The fourth-order valence-corrected chi connectivity index (χ4v) is 0.385. The van der Waals surface area contributed by atoms with Gasteiger partial charge >= 0.3 is 0 Å². The minimum Gasteiger partial charge on any atom is -0.377 e. The largest absolute Gasteiger partial charge is 0.377 e. The van der Waals surface area contributed by atoms with Crippen molar-refractivity contribution in [1.82, 2.24) is 5.32 Å². The van der Waals surface area contributed by atoms with Crippen LogP contribution in [0.1, 0.15) is 13.8 Å². The van der Waals surface area contributed by atoms with Gasteiger partial charge in [-0.1, -0.05) is 6.08 Å². The van der Waals surface area contributed by atoms with Gasteiger partial charge in [-0.3, -0.25) is 4.99 Å². The van der Waals surface area contributed by atoms with Crippen molar-refractivity contribution in [2.75, 3.05) is 7.05 Å². The lowest BCUT2D eigenvalue weighted by atomic mass is 10.1. The summed E-state index contributed by atoms with van der Waals surface area (Å²) in [4.78, 5) is 4.18. The maximum absolute atomic E-state index is 4.18. The molecular weight excluding hydrogens is 111 g/mol. The maximum atomic E-state index is 4.18. The number of nitrogens with one attached hydrogen (secondary N) is 1. The molecular formula is C6H13BN2. The third-order valence-corrected chi connectivity index (χ3v) is 1.12. The van der Waals surface area contributed by atoms with Gasteiger partial charge in [-0.2, -0.15) is 0 Å². The Labute approximate surface area is 57.5 Å². The fraction of sp³-hybridized carbons (Fsp3) is 0.500. The van der Waals surface area contributed by atoms with E-state index in [0.717, 1.165) is 11.4 Å². The number of amidine groups is 1. The molecule has 0 amide bonds. The Bertz CT molecular complexity index is 138. The van der Waals surface area contributed by atoms with E-state index in [4.69, 9.17) is 0 Å². The lowest BCUT2D eigenvalue weighted by Crippen LogP contribution is -2.13. The Hall–Kier alpha value is -0.725. The Balaban J connectivity index is 3.95. The van der Waals surface area contributed by atoms with Crippen molar-refractivity contribution in [2.24, 2.45) is 4.99 Å². The number of nitrogens with zero attached hydrogens (tertiary/aromatic N) is 1. The number of hydrogen-bond donors (Lipinski definition) is 1. The smallest absolute Gasteiger partial charge is 0.163 e. The van der Waals surface area contributed by atoms with Crippen LogP contribution < -0.4 is 5.32 Å². The average molecular weight is 124 g/mol. The highest BCUT2D eigenvalue weighted by Crippen LogP contribution is 1.87. The number of hydrogen-bond acceptors (Lipinski definition) is 1. The van der Waals surface area contributed by atoms with Crippen LogP contribution in [-0.4, -0.2) is 20.7 Å². The van der Waals surface area contributed by atoms with Gasteiger partial charge in [-0.15, -0.1) is 0 Å². The summed E-state index contributed by atoms with van der Waals surface area (Å²) in [6.07, 6.45) is 1.97. The zero-order valence-electron chi connectivity index (χ0n) is 6.52. The first-order chi connectivity index (χ1) is 4.20. The van der Waals surface area contributed by atoms with E-state index in [0.29, 0.717) is 0 Å². The summed E-state index contributed by atoms with van der Waals surface area (Å²) in [5.74, 6) is 0.950. The summed E-state index contributed by atoms with van der Waals surface area (Å²) >= 11 is 0. The molecule has 0 bridgehead atoms. The Kier molecular flexibility index (Phi) is 3.85. The van der Waals surface area contributed by atoms with E-state index in [1.807, 2.05) is 34.8 Å². The first-order valence-corrected chi connectivity index (χ1v) is 3.06. The van der Waals surface area contributed by atoms with Crippen molar-refractivity contribution in [3.05, 3.63) is 11.7 Å². The average Bonchev–Trinajstić information content (AvgIpc) is 1.87. The van der Waals surface area contributed by atoms with E-state index >= 15 is 0 Å². The van der Waals surface area contributed by atoms with Gasteiger partial charge < -0.3 is 5.32 Å². The molecule has 9 heavy (non-hydrogen) atoms. The number of aliphatic imine (C=N–C) groups is 1. The third-order valence-electron chi connectivity index (χ3n) is 1.12. The zero-order valence-corrected chi connectivity index (χ0v) is 6.52. The van der Waals surface area contributed by atoms with Crippen LogP contribution in [0.5, 0.6) is 0 Å². The second-order valence-corrected chi connectivity index (χ2v) is 1.88. The van der Waals surface area contributed by atoms with Crippen LogP contribution in [0, 0.1) is 0 Å². The van der Waals surface area contributed by atoms with Gasteiger partial charge in [0.15, 0.2) is 7.85 Å². The monoisotopic (exact) mass is 124 g/mol. The third kappa shape index (κ3) is 3.82. The molecule has 0 spiro atoms. The Morgan fingerprint density at radius 1 is 1.67 bits per heavy atom. The van der Waals surface area contributed by atoms with Gasteiger partial charge in [-0.25, -0.2) is 0 Å². The van der Waals surface area contributed by atoms with Gasteiger partial charge in [0.25, 0.3) is 0 Å². The summed E-state index contributed by atoms with van der Waals surface area (Å²) in [6.45, 7) is 3.91. The summed E-state index contributed by atoms with van der Waals surface area (Å²) in [6, 6.07) is 0. The highest BCUT2D eigenvalue weighted by Gasteiger charge is 1.82. The molecule has 0 unspecified atom stereocenters. The molecule has 0 atom stereocenters. The highest BCUT2D eigenvalue weighted by molar-refractivity contribution is 6.22. The van der Waals surface area contributed by atoms with Gasteiger partial charge in [0.05, 0.1) is 5.84 Å². The predicted molar refractivity (Wildman–Crippen MR) is 44.5 cm³/mol. The first-order valence-electron chi connectivity index (χ1n) is 3.06. The number of allylic oxidation sites excluding steroid dienone is 1. The van der Waals surface area contributed by atoms with Gasteiger partial charge in [0, 0.05) is 7.05 Å². The van der Waals surface area contributed by atoms with E-state index in [1.165, 1.54) is 0 Å². The van der Waals surface area contributed by atoms with Crippen LogP contribution in [-0.2, 0) is 0 Å². The van der Waals surface area contributed by atoms with Crippen LogP contribution in [0.4, 0.5) is 0 Å². The van der Waals surface area contributed by atoms with Crippen LogP contribution in [0.2, 0.25) is 0 Å². The molecule has 0 aliphatic rings. The fourth-order valence-electron chi connectivity index (χ4n) is 0.385. The molecule has 1 N–H and O–H groups in total. The predicted octanol–water partition coefficient (Wildman–Crippen LogP) is 0.119. The van der Waals surface area contributed by atoms with Crippen LogP contribution in [0.15, 0.2) is 16.7 Å². The molecule has 0 radical (unpaired) electrons. The minimum absolute atomic E-state index is 0.950. The number of rotatable bonds is 1. The van der Waals surface area contributed by atoms with Crippen molar-refractivity contribution < 1.29 is 0 Å².